The first-order chi connectivity index (χ1) is 5.91. The van der Waals surface area contributed by atoms with Crippen LogP contribution in [0.15, 0.2) is 11.8 Å². The van der Waals surface area contributed by atoms with E-state index in [-0.39, 0.29) is 11.7 Å². The monoisotopic (exact) mass is 185 g/mol. The van der Waals surface area contributed by atoms with Gasteiger partial charge >= 0.3 is 0 Å². The normalized spacial score (nSPS) is 15.7. The molecule has 0 spiro atoms. The van der Waals surface area contributed by atoms with E-state index in [0.29, 0.717) is 0 Å². The molecule has 0 amide bonds. The van der Waals surface area contributed by atoms with Crippen LogP contribution in [0.3, 0.4) is 0 Å². The third-order valence-corrected chi connectivity index (χ3v) is 1.84. The second-order valence-electron chi connectivity index (χ2n) is 4.19. The van der Waals surface area contributed by atoms with Gasteiger partial charge in [0, 0.05) is 11.1 Å². The molecule has 0 aliphatic rings. The predicted molar refractivity (Wildman–Crippen MR) is 58.0 cm³/mol. The van der Waals surface area contributed by atoms with E-state index in [1.807, 2.05) is 7.05 Å². The standard InChI is InChI=1S/C10H23N3/c1-6-7-8(10(2,3)4)13-9(11)12-5/h7,9,12-13H,6,11H2,1-5H3/b8-7-. The Kier molecular flexibility index (Phi) is 5.03. The van der Waals surface area contributed by atoms with Crippen molar-refractivity contribution in [3.05, 3.63) is 11.8 Å². The Morgan fingerprint density at radius 3 is 2.31 bits per heavy atom. The van der Waals surface area contributed by atoms with Crippen LogP contribution < -0.4 is 16.4 Å². The van der Waals surface area contributed by atoms with Gasteiger partial charge in [-0.25, -0.2) is 0 Å². The van der Waals surface area contributed by atoms with E-state index in [1.165, 1.54) is 5.70 Å². The molecule has 1 unspecified atom stereocenters. The van der Waals surface area contributed by atoms with E-state index in [9.17, 15) is 0 Å². The van der Waals surface area contributed by atoms with Gasteiger partial charge in [-0.3, -0.25) is 11.1 Å². The average Bonchev–Trinajstić information content (AvgIpc) is 2.01. The van der Waals surface area contributed by atoms with E-state index in [2.05, 4.69) is 44.4 Å². The van der Waals surface area contributed by atoms with Gasteiger partial charge in [0.05, 0.1) is 0 Å². The quantitative estimate of drug-likeness (QED) is 0.580. The summed E-state index contributed by atoms with van der Waals surface area (Å²) in [6.07, 6.45) is 3.03. The molecule has 0 aromatic rings. The van der Waals surface area contributed by atoms with Gasteiger partial charge < -0.3 is 5.32 Å². The summed E-state index contributed by atoms with van der Waals surface area (Å²) >= 11 is 0. The van der Waals surface area contributed by atoms with Crippen molar-refractivity contribution >= 4 is 0 Å². The highest BCUT2D eigenvalue weighted by Gasteiger charge is 2.17. The lowest BCUT2D eigenvalue weighted by Crippen LogP contribution is -2.48. The van der Waals surface area contributed by atoms with Crippen LogP contribution in [0.1, 0.15) is 34.1 Å². The van der Waals surface area contributed by atoms with Crippen molar-refractivity contribution in [2.75, 3.05) is 7.05 Å². The van der Waals surface area contributed by atoms with Crippen molar-refractivity contribution in [2.45, 2.75) is 40.4 Å². The summed E-state index contributed by atoms with van der Waals surface area (Å²) in [5.41, 5.74) is 7.06. The molecule has 0 heterocycles. The van der Waals surface area contributed by atoms with Crippen molar-refractivity contribution in [1.82, 2.24) is 10.6 Å². The Labute approximate surface area is 81.8 Å². The van der Waals surface area contributed by atoms with Crippen LogP contribution in [0, 0.1) is 5.41 Å². The van der Waals surface area contributed by atoms with Gasteiger partial charge in [-0.2, -0.15) is 0 Å². The molecule has 0 rings (SSSR count). The lowest BCUT2D eigenvalue weighted by atomic mass is 9.91. The maximum Gasteiger partial charge on any atom is 0.129 e. The molecule has 3 nitrogen and oxygen atoms in total. The lowest BCUT2D eigenvalue weighted by Gasteiger charge is -2.27. The topological polar surface area (TPSA) is 50.1 Å². The minimum absolute atomic E-state index is 0.129. The highest BCUT2D eigenvalue weighted by molar-refractivity contribution is 5.08. The molecule has 0 saturated carbocycles. The highest BCUT2D eigenvalue weighted by Crippen LogP contribution is 2.22. The molecule has 1 atom stereocenters. The fourth-order valence-electron chi connectivity index (χ4n) is 1.03. The number of allylic oxidation sites excluding steroid dienone is 2. The first-order valence-electron chi connectivity index (χ1n) is 4.81. The molecule has 0 fully saturated rings. The molecule has 0 aromatic carbocycles. The number of hydrogen-bond donors (Lipinski definition) is 3. The number of rotatable bonds is 4. The molecule has 0 saturated heterocycles. The van der Waals surface area contributed by atoms with Crippen LogP contribution >= 0.6 is 0 Å². The SMILES string of the molecule is CC/C=C(\NC(N)NC)C(C)(C)C. The third-order valence-electron chi connectivity index (χ3n) is 1.84. The van der Waals surface area contributed by atoms with E-state index in [4.69, 9.17) is 5.73 Å². The van der Waals surface area contributed by atoms with Crippen LogP contribution in [0.2, 0.25) is 0 Å². The first-order valence-corrected chi connectivity index (χ1v) is 4.81. The van der Waals surface area contributed by atoms with Crippen molar-refractivity contribution in [2.24, 2.45) is 11.1 Å². The van der Waals surface area contributed by atoms with Gasteiger partial charge in [0.15, 0.2) is 0 Å². The van der Waals surface area contributed by atoms with E-state index >= 15 is 0 Å². The minimum Gasteiger partial charge on any atom is -0.361 e. The number of hydrogen-bond acceptors (Lipinski definition) is 3. The zero-order chi connectivity index (χ0) is 10.5. The zero-order valence-corrected chi connectivity index (χ0v) is 9.44. The Morgan fingerprint density at radius 2 is 2.00 bits per heavy atom. The molecule has 0 radical (unpaired) electrons. The molecule has 3 heteroatoms. The van der Waals surface area contributed by atoms with Crippen molar-refractivity contribution < 1.29 is 0 Å². The van der Waals surface area contributed by atoms with Crippen LogP contribution in [0.4, 0.5) is 0 Å². The summed E-state index contributed by atoms with van der Waals surface area (Å²) in [7, 11) is 1.84. The molecule has 13 heavy (non-hydrogen) atoms. The van der Waals surface area contributed by atoms with Gasteiger partial charge in [0.1, 0.15) is 6.29 Å². The Bertz CT molecular complexity index is 167. The third kappa shape index (κ3) is 4.90. The average molecular weight is 185 g/mol. The molecule has 0 aliphatic carbocycles. The van der Waals surface area contributed by atoms with Crippen molar-refractivity contribution in [3.8, 4) is 0 Å². The molecule has 0 aromatic heterocycles. The van der Waals surface area contributed by atoms with Gasteiger partial charge in [-0.05, 0) is 13.5 Å². The maximum absolute atomic E-state index is 5.74. The second-order valence-corrected chi connectivity index (χ2v) is 4.19. The summed E-state index contributed by atoms with van der Waals surface area (Å²) in [6.45, 7) is 8.63. The smallest absolute Gasteiger partial charge is 0.129 e. The maximum atomic E-state index is 5.74. The van der Waals surface area contributed by atoms with Crippen molar-refractivity contribution in [1.29, 1.82) is 0 Å². The van der Waals surface area contributed by atoms with Gasteiger partial charge in [0.2, 0.25) is 0 Å². The largest absolute Gasteiger partial charge is 0.361 e. The number of nitrogens with two attached hydrogens (primary N) is 1. The zero-order valence-electron chi connectivity index (χ0n) is 9.44. The first kappa shape index (κ1) is 12.5. The highest BCUT2D eigenvalue weighted by atomic mass is 15.2. The van der Waals surface area contributed by atoms with E-state index in [1.54, 1.807) is 0 Å². The molecule has 78 valence electrons. The summed E-state index contributed by atoms with van der Waals surface area (Å²) < 4.78 is 0. The van der Waals surface area contributed by atoms with E-state index in [0.717, 1.165) is 6.42 Å². The molecule has 4 N–H and O–H groups in total. The Morgan fingerprint density at radius 1 is 1.46 bits per heavy atom. The minimum atomic E-state index is -0.169. The van der Waals surface area contributed by atoms with Crippen LogP contribution in [-0.2, 0) is 0 Å². The summed E-state index contributed by atoms with van der Waals surface area (Å²) in [5, 5.41) is 6.19. The molecule has 0 bridgehead atoms. The Balaban J connectivity index is 4.37. The fourth-order valence-corrected chi connectivity index (χ4v) is 1.03. The number of nitrogens with one attached hydrogen (secondary N) is 2. The summed E-state index contributed by atoms with van der Waals surface area (Å²) in [6, 6.07) is 0. The molecule has 0 aliphatic heterocycles. The Hall–Kier alpha value is -0.540. The molecular weight excluding hydrogens is 162 g/mol. The lowest BCUT2D eigenvalue weighted by molar-refractivity contribution is 0.406. The van der Waals surface area contributed by atoms with Crippen LogP contribution in [0.5, 0.6) is 0 Å². The van der Waals surface area contributed by atoms with Gasteiger partial charge in [-0.15, -0.1) is 0 Å². The van der Waals surface area contributed by atoms with Crippen LogP contribution in [0.25, 0.3) is 0 Å². The fraction of sp³-hybridized carbons (Fsp3) is 0.800. The van der Waals surface area contributed by atoms with E-state index < -0.39 is 0 Å². The van der Waals surface area contributed by atoms with Gasteiger partial charge in [-0.1, -0.05) is 33.8 Å². The molecular formula is C10H23N3. The second kappa shape index (κ2) is 5.25. The predicted octanol–water partition coefficient (Wildman–Crippen LogP) is 1.38. The van der Waals surface area contributed by atoms with Gasteiger partial charge in [0.25, 0.3) is 0 Å². The summed E-state index contributed by atoms with van der Waals surface area (Å²) in [5.74, 6) is 0. The van der Waals surface area contributed by atoms with Crippen LogP contribution in [-0.4, -0.2) is 13.3 Å². The summed E-state index contributed by atoms with van der Waals surface area (Å²) in [4.78, 5) is 0. The van der Waals surface area contributed by atoms with Crippen molar-refractivity contribution in [3.63, 3.8) is 0 Å².